The van der Waals surface area contributed by atoms with Gasteiger partial charge in [0.1, 0.15) is 6.61 Å². The number of nitrogens with zero attached hydrogens (tertiary/aromatic N) is 2. The van der Waals surface area contributed by atoms with E-state index < -0.39 is 23.6 Å². The minimum atomic E-state index is -4.54. The fourth-order valence-corrected chi connectivity index (χ4v) is 3.75. The van der Waals surface area contributed by atoms with Crippen molar-refractivity contribution in [2.75, 3.05) is 4.90 Å². The van der Waals surface area contributed by atoms with Crippen LogP contribution in [0.25, 0.3) is 6.08 Å². The highest BCUT2D eigenvalue weighted by Crippen LogP contribution is 2.35. The van der Waals surface area contributed by atoms with Crippen molar-refractivity contribution in [1.82, 2.24) is 4.98 Å². The average molecular weight is 481 g/mol. The summed E-state index contributed by atoms with van der Waals surface area (Å²) in [5, 5.41) is 2.26. The van der Waals surface area contributed by atoms with Crippen LogP contribution < -0.4 is 4.90 Å². The maximum absolute atomic E-state index is 13.0. The lowest BCUT2D eigenvalue weighted by Crippen LogP contribution is -2.23. The quantitative estimate of drug-likeness (QED) is 0.309. The minimum Gasteiger partial charge on any atom is -0.456 e. The number of hydrogen-bond donors (Lipinski definition) is 0. The number of amides is 1. The Bertz CT molecular complexity index is 1160. The molecule has 0 atom stereocenters. The van der Waals surface area contributed by atoms with Gasteiger partial charge in [0, 0.05) is 23.4 Å². The summed E-state index contributed by atoms with van der Waals surface area (Å²) < 4.78 is 44.2. The predicted octanol–water partition coefficient (Wildman–Crippen LogP) is 6.26. The molecule has 0 N–H and O–H groups in total. The molecule has 0 spiro atoms. The highest BCUT2D eigenvalue weighted by atomic mass is 35.5. The van der Waals surface area contributed by atoms with Crippen molar-refractivity contribution in [2.45, 2.75) is 19.7 Å². The number of hydrogen-bond acceptors (Lipinski definition) is 5. The number of rotatable bonds is 6. The molecule has 1 amide bonds. The van der Waals surface area contributed by atoms with Crippen LogP contribution in [0, 0.1) is 0 Å². The highest BCUT2D eigenvalue weighted by molar-refractivity contribution is 7.14. The summed E-state index contributed by atoms with van der Waals surface area (Å²) in [6.07, 6.45) is -1.76. The molecule has 0 saturated carbocycles. The average Bonchev–Trinajstić information content (AvgIpc) is 3.18. The molecule has 5 nitrogen and oxygen atoms in total. The number of halogens is 4. The molecular weight excluding hydrogens is 465 g/mol. The Kier molecular flexibility index (Phi) is 7.32. The SMILES string of the molecule is CC(=O)N(c1cccc(C(F)(F)F)c1)c1nc(COC(=O)/C=C/c2cccc(Cl)c2)cs1. The van der Waals surface area contributed by atoms with Gasteiger partial charge in [0.2, 0.25) is 5.91 Å². The van der Waals surface area contributed by atoms with E-state index in [0.29, 0.717) is 10.7 Å². The molecule has 166 valence electrons. The third-order valence-electron chi connectivity index (χ3n) is 4.10. The molecule has 10 heteroatoms. The van der Waals surface area contributed by atoms with Crippen molar-refractivity contribution in [3.63, 3.8) is 0 Å². The third kappa shape index (κ3) is 6.18. The zero-order valence-corrected chi connectivity index (χ0v) is 18.2. The lowest BCUT2D eigenvalue weighted by atomic mass is 10.2. The molecule has 0 aliphatic heterocycles. The molecule has 0 radical (unpaired) electrons. The molecule has 3 aromatic rings. The monoisotopic (exact) mass is 480 g/mol. The molecule has 32 heavy (non-hydrogen) atoms. The summed E-state index contributed by atoms with van der Waals surface area (Å²) in [7, 11) is 0. The van der Waals surface area contributed by atoms with E-state index in [1.165, 1.54) is 25.1 Å². The number of alkyl halides is 3. The summed E-state index contributed by atoms with van der Waals surface area (Å²) >= 11 is 6.93. The van der Waals surface area contributed by atoms with E-state index in [0.717, 1.165) is 33.9 Å². The van der Waals surface area contributed by atoms with E-state index in [9.17, 15) is 22.8 Å². The number of benzene rings is 2. The van der Waals surface area contributed by atoms with E-state index in [-0.39, 0.29) is 17.4 Å². The Morgan fingerprint density at radius 1 is 1.19 bits per heavy atom. The highest BCUT2D eigenvalue weighted by Gasteiger charge is 2.31. The number of aromatic nitrogens is 1. The Balaban J connectivity index is 1.69. The summed E-state index contributed by atoms with van der Waals surface area (Å²) in [5.74, 6) is -1.12. The van der Waals surface area contributed by atoms with Crippen LogP contribution in [0.15, 0.2) is 60.0 Å². The summed E-state index contributed by atoms with van der Waals surface area (Å²) in [6, 6.07) is 11.3. The van der Waals surface area contributed by atoms with Crippen LogP contribution in [-0.4, -0.2) is 16.9 Å². The second kappa shape index (κ2) is 9.97. The van der Waals surface area contributed by atoms with Gasteiger partial charge in [-0.25, -0.2) is 9.78 Å². The first-order valence-electron chi connectivity index (χ1n) is 9.16. The number of thiazole rings is 1. The predicted molar refractivity (Wildman–Crippen MR) is 117 cm³/mol. The van der Waals surface area contributed by atoms with Crippen molar-refractivity contribution >= 4 is 51.7 Å². The number of esters is 1. The van der Waals surface area contributed by atoms with E-state index in [1.54, 1.807) is 35.7 Å². The standard InChI is InChI=1S/C22H16ClF3N2O3S/c1-14(29)28(19-7-3-5-16(11-19)22(24,25)26)21-27-18(13-32-21)12-31-20(30)9-8-15-4-2-6-17(23)10-15/h2-11,13H,12H2,1H3/b9-8+. The number of ether oxygens (including phenoxy) is 1. The molecule has 2 aromatic carbocycles. The fourth-order valence-electron chi connectivity index (χ4n) is 2.68. The van der Waals surface area contributed by atoms with Gasteiger partial charge in [-0.15, -0.1) is 11.3 Å². The zero-order valence-electron chi connectivity index (χ0n) is 16.6. The topological polar surface area (TPSA) is 59.5 Å². The Morgan fingerprint density at radius 3 is 2.62 bits per heavy atom. The van der Waals surface area contributed by atoms with Gasteiger partial charge in [0.15, 0.2) is 5.13 Å². The summed E-state index contributed by atoms with van der Waals surface area (Å²) in [5.41, 5.74) is 0.240. The smallest absolute Gasteiger partial charge is 0.416 e. The third-order valence-corrected chi connectivity index (χ3v) is 5.21. The molecule has 1 aromatic heterocycles. The van der Waals surface area contributed by atoms with E-state index in [4.69, 9.17) is 16.3 Å². The first kappa shape index (κ1) is 23.5. The maximum Gasteiger partial charge on any atom is 0.416 e. The number of carbonyl (C=O) groups excluding carboxylic acids is 2. The lowest BCUT2D eigenvalue weighted by molar-refractivity contribution is -0.139. The number of carbonyl (C=O) groups is 2. The van der Waals surface area contributed by atoms with E-state index >= 15 is 0 Å². The largest absolute Gasteiger partial charge is 0.456 e. The van der Waals surface area contributed by atoms with Crippen LogP contribution in [0.3, 0.4) is 0 Å². The van der Waals surface area contributed by atoms with Crippen molar-refractivity contribution < 1.29 is 27.5 Å². The Hall–Kier alpha value is -3.17. The summed E-state index contributed by atoms with van der Waals surface area (Å²) in [4.78, 5) is 29.4. The van der Waals surface area contributed by atoms with E-state index in [2.05, 4.69) is 4.98 Å². The Labute approximate surface area is 190 Å². The lowest BCUT2D eigenvalue weighted by Gasteiger charge is -2.19. The van der Waals surface area contributed by atoms with Crippen molar-refractivity contribution in [3.05, 3.63) is 81.8 Å². The van der Waals surface area contributed by atoms with Gasteiger partial charge >= 0.3 is 12.1 Å². The second-order valence-electron chi connectivity index (χ2n) is 6.52. The van der Waals surface area contributed by atoms with Crippen molar-refractivity contribution in [2.24, 2.45) is 0 Å². The molecular formula is C22H16ClF3N2O3S. The maximum atomic E-state index is 13.0. The first-order chi connectivity index (χ1) is 15.1. The summed E-state index contributed by atoms with van der Waals surface area (Å²) in [6.45, 7) is 1.06. The van der Waals surface area contributed by atoms with Crippen LogP contribution in [-0.2, 0) is 27.1 Å². The molecule has 3 rings (SSSR count). The Morgan fingerprint density at radius 2 is 1.94 bits per heavy atom. The fraction of sp³-hybridized carbons (Fsp3) is 0.136. The van der Waals surface area contributed by atoms with Gasteiger partial charge in [-0.05, 0) is 42.0 Å². The minimum absolute atomic E-state index is 0.0367. The molecule has 0 bridgehead atoms. The van der Waals surface area contributed by atoms with Gasteiger partial charge < -0.3 is 4.74 Å². The van der Waals surface area contributed by atoms with Crippen LogP contribution in [0.5, 0.6) is 0 Å². The molecule has 0 saturated heterocycles. The van der Waals surface area contributed by atoms with Crippen molar-refractivity contribution in [3.8, 4) is 0 Å². The van der Waals surface area contributed by atoms with Crippen LogP contribution in [0.2, 0.25) is 5.02 Å². The van der Waals surface area contributed by atoms with Crippen LogP contribution in [0.4, 0.5) is 24.0 Å². The van der Waals surface area contributed by atoms with Gasteiger partial charge in [0.05, 0.1) is 16.9 Å². The van der Waals surface area contributed by atoms with Gasteiger partial charge in [-0.1, -0.05) is 29.8 Å². The van der Waals surface area contributed by atoms with Gasteiger partial charge in [-0.2, -0.15) is 13.2 Å². The molecule has 0 unspecified atom stereocenters. The van der Waals surface area contributed by atoms with Gasteiger partial charge in [0.25, 0.3) is 0 Å². The van der Waals surface area contributed by atoms with Crippen LogP contribution in [0.1, 0.15) is 23.7 Å². The normalized spacial score (nSPS) is 11.5. The van der Waals surface area contributed by atoms with Gasteiger partial charge in [-0.3, -0.25) is 9.69 Å². The molecule has 0 aliphatic carbocycles. The first-order valence-corrected chi connectivity index (χ1v) is 10.4. The molecule has 0 fully saturated rings. The number of anilines is 2. The zero-order chi connectivity index (χ0) is 23.3. The van der Waals surface area contributed by atoms with Crippen LogP contribution >= 0.6 is 22.9 Å². The molecule has 0 aliphatic rings. The van der Waals surface area contributed by atoms with E-state index in [1.807, 2.05) is 0 Å². The second-order valence-corrected chi connectivity index (χ2v) is 7.79. The molecule has 1 heterocycles. The van der Waals surface area contributed by atoms with Crippen molar-refractivity contribution in [1.29, 1.82) is 0 Å².